The SMILES string of the molecule is CCCC1CCCN(CCNCC2CCCO2)CC1. The van der Waals surface area contributed by atoms with E-state index < -0.39 is 0 Å². The van der Waals surface area contributed by atoms with Crippen LogP contribution in [0.2, 0.25) is 0 Å². The summed E-state index contributed by atoms with van der Waals surface area (Å²) in [5.41, 5.74) is 0. The Morgan fingerprint density at radius 1 is 1.16 bits per heavy atom. The molecule has 2 heterocycles. The van der Waals surface area contributed by atoms with Crippen LogP contribution in [0.5, 0.6) is 0 Å². The van der Waals surface area contributed by atoms with Crippen molar-refractivity contribution in [3.8, 4) is 0 Å². The fourth-order valence-electron chi connectivity index (χ4n) is 3.45. The molecule has 0 spiro atoms. The van der Waals surface area contributed by atoms with Gasteiger partial charge in [-0.15, -0.1) is 0 Å². The van der Waals surface area contributed by atoms with E-state index in [0.29, 0.717) is 6.10 Å². The Hall–Kier alpha value is -0.120. The average Bonchev–Trinajstić information content (AvgIpc) is 2.83. The molecule has 0 aliphatic carbocycles. The van der Waals surface area contributed by atoms with E-state index in [9.17, 15) is 0 Å². The molecule has 0 radical (unpaired) electrons. The lowest BCUT2D eigenvalue weighted by atomic mass is 9.96. The lowest BCUT2D eigenvalue weighted by Crippen LogP contribution is -2.35. The van der Waals surface area contributed by atoms with Crippen molar-refractivity contribution >= 4 is 0 Å². The number of likely N-dealkylation sites (tertiary alicyclic amines) is 1. The van der Waals surface area contributed by atoms with Gasteiger partial charge in [-0.2, -0.15) is 0 Å². The van der Waals surface area contributed by atoms with Gasteiger partial charge in [-0.3, -0.25) is 0 Å². The number of nitrogens with zero attached hydrogens (tertiary/aromatic N) is 1. The summed E-state index contributed by atoms with van der Waals surface area (Å²) in [6.07, 6.45) is 10.0. The molecule has 3 heteroatoms. The second kappa shape index (κ2) is 8.93. The first kappa shape index (κ1) is 15.3. The highest BCUT2D eigenvalue weighted by atomic mass is 16.5. The lowest BCUT2D eigenvalue weighted by Gasteiger charge is -2.21. The molecular weight excluding hydrogens is 236 g/mol. The second-order valence-electron chi connectivity index (χ2n) is 6.27. The lowest BCUT2D eigenvalue weighted by molar-refractivity contribution is 0.109. The van der Waals surface area contributed by atoms with Gasteiger partial charge in [0.2, 0.25) is 0 Å². The predicted octanol–water partition coefficient (Wildman–Crippen LogP) is 2.66. The average molecular weight is 268 g/mol. The van der Waals surface area contributed by atoms with Gasteiger partial charge in [0.25, 0.3) is 0 Å². The van der Waals surface area contributed by atoms with Crippen LogP contribution >= 0.6 is 0 Å². The van der Waals surface area contributed by atoms with Gasteiger partial charge < -0.3 is 15.0 Å². The third-order valence-corrected chi connectivity index (χ3v) is 4.64. The van der Waals surface area contributed by atoms with Crippen LogP contribution in [0.3, 0.4) is 0 Å². The molecular formula is C16H32N2O. The monoisotopic (exact) mass is 268 g/mol. The number of ether oxygens (including phenoxy) is 1. The summed E-state index contributed by atoms with van der Waals surface area (Å²) in [7, 11) is 0. The zero-order chi connectivity index (χ0) is 13.3. The highest BCUT2D eigenvalue weighted by molar-refractivity contribution is 4.72. The van der Waals surface area contributed by atoms with Crippen molar-refractivity contribution in [2.45, 2.75) is 58.0 Å². The molecule has 0 aromatic carbocycles. The molecule has 1 N–H and O–H groups in total. The van der Waals surface area contributed by atoms with Crippen LogP contribution in [0.15, 0.2) is 0 Å². The maximum Gasteiger partial charge on any atom is 0.0700 e. The second-order valence-corrected chi connectivity index (χ2v) is 6.27. The van der Waals surface area contributed by atoms with Crippen LogP contribution in [0.25, 0.3) is 0 Å². The molecule has 112 valence electrons. The molecule has 0 bridgehead atoms. The van der Waals surface area contributed by atoms with Crippen LogP contribution in [0.4, 0.5) is 0 Å². The molecule has 2 aliphatic rings. The third kappa shape index (κ3) is 5.80. The molecule has 0 amide bonds. The van der Waals surface area contributed by atoms with Gasteiger partial charge in [-0.1, -0.05) is 19.8 Å². The van der Waals surface area contributed by atoms with Gasteiger partial charge in [0.1, 0.15) is 0 Å². The van der Waals surface area contributed by atoms with Gasteiger partial charge in [0.15, 0.2) is 0 Å². The zero-order valence-electron chi connectivity index (χ0n) is 12.7. The van der Waals surface area contributed by atoms with Gasteiger partial charge >= 0.3 is 0 Å². The minimum absolute atomic E-state index is 0.484. The molecule has 2 fully saturated rings. The molecule has 0 saturated carbocycles. The van der Waals surface area contributed by atoms with E-state index in [1.54, 1.807) is 0 Å². The zero-order valence-corrected chi connectivity index (χ0v) is 12.7. The van der Waals surface area contributed by atoms with Crippen LogP contribution in [-0.4, -0.2) is 50.3 Å². The largest absolute Gasteiger partial charge is 0.377 e. The van der Waals surface area contributed by atoms with Crippen LogP contribution in [0.1, 0.15) is 51.9 Å². The summed E-state index contributed by atoms with van der Waals surface area (Å²) >= 11 is 0. The molecule has 3 nitrogen and oxygen atoms in total. The molecule has 2 unspecified atom stereocenters. The van der Waals surface area contributed by atoms with Crippen LogP contribution < -0.4 is 5.32 Å². The Bertz CT molecular complexity index is 229. The minimum Gasteiger partial charge on any atom is -0.377 e. The van der Waals surface area contributed by atoms with E-state index in [2.05, 4.69) is 17.1 Å². The van der Waals surface area contributed by atoms with Crippen LogP contribution in [0, 0.1) is 5.92 Å². The van der Waals surface area contributed by atoms with Gasteiger partial charge in [-0.25, -0.2) is 0 Å². The highest BCUT2D eigenvalue weighted by Crippen LogP contribution is 2.21. The Morgan fingerprint density at radius 2 is 2.11 bits per heavy atom. The normalized spacial score (nSPS) is 29.5. The predicted molar refractivity (Wildman–Crippen MR) is 80.5 cm³/mol. The van der Waals surface area contributed by atoms with Crippen molar-refractivity contribution in [3.63, 3.8) is 0 Å². The number of nitrogens with one attached hydrogen (secondary N) is 1. The van der Waals surface area contributed by atoms with E-state index in [1.165, 1.54) is 64.6 Å². The van der Waals surface area contributed by atoms with Crippen molar-refractivity contribution in [3.05, 3.63) is 0 Å². The fourth-order valence-corrected chi connectivity index (χ4v) is 3.45. The standard InChI is InChI=1S/C16H32N2O/c1-2-5-15-6-3-10-18(11-8-15)12-9-17-14-16-7-4-13-19-16/h15-17H,2-14H2,1H3. The Kier molecular flexibility index (Phi) is 7.18. The maximum atomic E-state index is 5.63. The van der Waals surface area contributed by atoms with Gasteiger partial charge in [-0.05, 0) is 51.1 Å². The van der Waals surface area contributed by atoms with Crippen molar-refractivity contribution in [1.29, 1.82) is 0 Å². The molecule has 0 aromatic heterocycles. The van der Waals surface area contributed by atoms with E-state index in [-0.39, 0.29) is 0 Å². The Labute approximate surface area is 119 Å². The summed E-state index contributed by atoms with van der Waals surface area (Å²) in [4.78, 5) is 2.65. The first-order valence-electron chi connectivity index (χ1n) is 8.43. The molecule has 2 atom stereocenters. The highest BCUT2D eigenvalue weighted by Gasteiger charge is 2.17. The summed E-state index contributed by atoms with van der Waals surface area (Å²) in [6.45, 7) is 9.29. The topological polar surface area (TPSA) is 24.5 Å². The Balaban J connectivity index is 1.53. The molecule has 2 aliphatic heterocycles. The number of rotatable bonds is 7. The summed E-state index contributed by atoms with van der Waals surface area (Å²) in [6, 6.07) is 0. The molecule has 0 aromatic rings. The van der Waals surface area contributed by atoms with E-state index in [4.69, 9.17) is 4.74 Å². The number of hydrogen-bond donors (Lipinski definition) is 1. The molecule has 2 saturated heterocycles. The summed E-state index contributed by atoms with van der Waals surface area (Å²) in [5.74, 6) is 0.995. The van der Waals surface area contributed by atoms with Gasteiger partial charge in [0.05, 0.1) is 6.10 Å². The summed E-state index contributed by atoms with van der Waals surface area (Å²) in [5, 5.41) is 3.56. The van der Waals surface area contributed by atoms with E-state index in [1.807, 2.05) is 0 Å². The third-order valence-electron chi connectivity index (χ3n) is 4.64. The fraction of sp³-hybridized carbons (Fsp3) is 1.00. The number of hydrogen-bond acceptors (Lipinski definition) is 3. The molecule has 19 heavy (non-hydrogen) atoms. The van der Waals surface area contributed by atoms with Crippen molar-refractivity contribution in [1.82, 2.24) is 10.2 Å². The van der Waals surface area contributed by atoms with E-state index >= 15 is 0 Å². The van der Waals surface area contributed by atoms with Crippen molar-refractivity contribution in [2.75, 3.05) is 39.3 Å². The quantitative estimate of drug-likeness (QED) is 0.718. The smallest absolute Gasteiger partial charge is 0.0700 e. The first-order valence-corrected chi connectivity index (χ1v) is 8.43. The summed E-state index contributed by atoms with van der Waals surface area (Å²) < 4.78 is 5.63. The molecule has 2 rings (SSSR count). The van der Waals surface area contributed by atoms with Crippen molar-refractivity contribution in [2.24, 2.45) is 5.92 Å². The first-order chi connectivity index (χ1) is 9.38. The van der Waals surface area contributed by atoms with Crippen molar-refractivity contribution < 1.29 is 4.74 Å². The Morgan fingerprint density at radius 3 is 2.89 bits per heavy atom. The van der Waals surface area contributed by atoms with Gasteiger partial charge in [0, 0.05) is 26.2 Å². The van der Waals surface area contributed by atoms with E-state index in [0.717, 1.165) is 25.6 Å². The minimum atomic E-state index is 0.484. The van der Waals surface area contributed by atoms with Crippen LogP contribution in [-0.2, 0) is 4.74 Å². The maximum absolute atomic E-state index is 5.63.